The molecular formula is C22H15F8NO2. The highest BCUT2D eigenvalue weighted by Crippen LogP contribution is 2.35. The highest BCUT2D eigenvalue weighted by Gasteiger charge is 2.39. The fraction of sp³-hybridized carbons (Fsp3) is 0.227. The number of halogens is 8. The summed E-state index contributed by atoms with van der Waals surface area (Å²) in [6.45, 7) is 1.84. The molecule has 0 unspecified atom stereocenters. The van der Waals surface area contributed by atoms with Crippen molar-refractivity contribution in [3.05, 3.63) is 88.8 Å². The molecule has 0 radical (unpaired) electrons. The van der Waals surface area contributed by atoms with Crippen LogP contribution in [0.1, 0.15) is 30.2 Å². The normalized spacial score (nSPS) is 12.0. The van der Waals surface area contributed by atoms with Crippen molar-refractivity contribution >= 4 is 0 Å². The van der Waals surface area contributed by atoms with Gasteiger partial charge >= 0.3 is 12.2 Å². The van der Waals surface area contributed by atoms with Crippen LogP contribution in [0.3, 0.4) is 0 Å². The molecule has 0 aliphatic carbocycles. The smallest absolute Gasteiger partial charge is 0.428 e. The first-order valence-corrected chi connectivity index (χ1v) is 9.46. The molecule has 0 aliphatic rings. The van der Waals surface area contributed by atoms with Crippen molar-refractivity contribution in [2.75, 3.05) is 0 Å². The van der Waals surface area contributed by atoms with E-state index in [4.69, 9.17) is 0 Å². The predicted molar refractivity (Wildman–Crippen MR) is 100.0 cm³/mol. The molecule has 0 aliphatic heterocycles. The monoisotopic (exact) mass is 477 g/mol. The van der Waals surface area contributed by atoms with E-state index >= 15 is 0 Å². The maximum Gasteiger partial charge on any atom is 0.444 e. The van der Waals surface area contributed by atoms with E-state index in [0.717, 1.165) is 12.1 Å². The summed E-state index contributed by atoms with van der Waals surface area (Å²) in [6.07, 6.45) is -6.72. The fourth-order valence-corrected chi connectivity index (χ4v) is 2.85. The molecule has 0 spiro atoms. The Labute approximate surface area is 182 Å². The summed E-state index contributed by atoms with van der Waals surface area (Å²) in [5, 5.41) is 0. The predicted octanol–water partition coefficient (Wildman–Crippen LogP) is 6.85. The summed E-state index contributed by atoms with van der Waals surface area (Å²) in [6, 6.07) is 4.79. The van der Waals surface area contributed by atoms with E-state index in [-0.39, 0.29) is 12.1 Å². The van der Waals surface area contributed by atoms with Crippen LogP contribution in [0.2, 0.25) is 0 Å². The van der Waals surface area contributed by atoms with Crippen molar-refractivity contribution in [3.63, 3.8) is 0 Å². The Kier molecular flexibility index (Phi) is 6.80. The van der Waals surface area contributed by atoms with Crippen molar-refractivity contribution in [1.29, 1.82) is 0 Å². The van der Waals surface area contributed by atoms with Crippen LogP contribution in [0.15, 0.2) is 48.7 Å². The summed E-state index contributed by atoms with van der Waals surface area (Å²) >= 11 is 0. The highest BCUT2D eigenvalue weighted by molar-refractivity contribution is 5.30. The van der Waals surface area contributed by atoms with Crippen LogP contribution >= 0.6 is 0 Å². The molecule has 0 fully saturated rings. The van der Waals surface area contributed by atoms with Gasteiger partial charge in [0.25, 0.3) is 0 Å². The topological polar surface area (TPSA) is 31.4 Å². The first-order valence-electron chi connectivity index (χ1n) is 9.46. The van der Waals surface area contributed by atoms with Gasteiger partial charge < -0.3 is 9.47 Å². The molecule has 0 amide bonds. The lowest BCUT2D eigenvalue weighted by Crippen LogP contribution is -2.25. The number of pyridine rings is 1. The summed E-state index contributed by atoms with van der Waals surface area (Å²) < 4.78 is 119. The van der Waals surface area contributed by atoms with Gasteiger partial charge in [-0.25, -0.2) is 22.5 Å². The van der Waals surface area contributed by atoms with Crippen LogP contribution in [0, 0.1) is 23.3 Å². The maximum absolute atomic E-state index is 14.4. The van der Waals surface area contributed by atoms with Crippen molar-refractivity contribution in [2.45, 2.75) is 32.0 Å². The number of aryl methyl sites for hydroxylation is 1. The lowest BCUT2D eigenvalue weighted by molar-refractivity contribution is -0.190. The molecule has 3 rings (SSSR count). The van der Waals surface area contributed by atoms with Crippen molar-refractivity contribution in [2.24, 2.45) is 0 Å². The van der Waals surface area contributed by atoms with Gasteiger partial charge in [-0.1, -0.05) is 19.4 Å². The zero-order valence-corrected chi connectivity index (χ0v) is 16.8. The molecule has 11 heteroatoms. The zero-order valence-electron chi connectivity index (χ0n) is 16.8. The molecule has 0 atom stereocenters. The van der Waals surface area contributed by atoms with Crippen molar-refractivity contribution in [1.82, 2.24) is 4.98 Å². The van der Waals surface area contributed by atoms with Crippen molar-refractivity contribution in [3.8, 4) is 11.5 Å². The molecule has 3 nitrogen and oxygen atoms in total. The van der Waals surface area contributed by atoms with Crippen LogP contribution in [0.5, 0.6) is 11.5 Å². The first-order chi connectivity index (χ1) is 15.4. The van der Waals surface area contributed by atoms with Gasteiger partial charge in [-0.05, 0) is 36.2 Å². The van der Waals surface area contributed by atoms with E-state index in [2.05, 4.69) is 14.5 Å². The quantitative estimate of drug-likeness (QED) is 0.263. The van der Waals surface area contributed by atoms with E-state index in [1.807, 2.05) is 6.92 Å². The molecule has 33 heavy (non-hydrogen) atoms. The van der Waals surface area contributed by atoms with E-state index in [9.17, 15) is 35.1 Å². The van der Waals surface area contributed by atoms with E-state index in [0.29, 0.717) is 36.7 Å². The summed E-state index contributed by atoms with van der Waals surface area (Å²) in [5.74, 6) is -8.29. The third-order valence-electron chi connectivity index (χ3n) is 4.37. The molecule has 176 valence electrons. The maximum atomic E-state index is 14.4. The Morgan fingerprint density at radius 2 is 1.39 bits per heavy atom. The van der Waals surface area contributed by atoms with Crippen LogP contribution in [0.4, 0.5) is 35.1 Å². The van der Waals surface area contributed by atoms with Gasteiger partial charge in [0.15, 0.2) is 23.1 Å². The van der Waals surface area contributed by atoms with Gasteiger partial charge in [0.2, 0.25) is 0 Å². The standard InChI is InChI=1S/C22H15F8NO2/c1-2-3-12-4-6-15(16(23)8-12)21(27,28)32-13-5-7-19(31-11-13)22(29,30)33-14-9-17(24)20(26)18(25)10-14/h4-11H,2-3H2,1H3. The third-order valence-corrected chi connectivity index (χ3v) is 4.37. The minimum atomic E-state index is -4.26. The molecule has 2 aromatic carbocycles. The molecule has 0 saturated heterocycles. The molecule has 3 aromatic rings. The number of ether oxygens (including phenoxy) is 2. The lowest BCUT2D eigenvalue weighted by Gasteiger charge is -2.20. The number of hydrogen-bond donors (Lipinski definition) is 0. The molecular weight excluding hydrogens is 462 g/mol. The Morgan fingerprint density at radius 1 is 0.758 bits per heavy atom. The molecule has 1 aromatic heterocycles. The van der Waals surface area contributed by atoms with Gasteiger partial charge in [0, 0.05) is 12.1 Å². The van der Waals surface area contributed by atoms with Crippen molar-refractivity contribution < 1.29 is 44.6 Å². The van der Waals surface area contributed by atoms with E-state index in [1.165, 1.54) is 6.07 Å². The number of rotatable bonds is 8. The van der Waals surface area contributed by atoms with Crippen LogP contribution in [-0.4, -0.2) is 4.98 Å². The van der Waals surface area contributed by atoms with Gasteiger partial charge in [-0.3, -0.25) is 0 Å². The number of nitrogens with zero attached hydrogens (tertiary/aromatic N) is 1. The van der Waals surface area contributed by atoms with Gasteiger partial charge in [0.1, 0.15) is 17.3 Å². The largest absolute Gasteiger partial charge is 0.444 e. The first kappa shape index (κ1) is 24.3. The molecule has 0 bridgehead atoms. The van der Waals surface area contributed by atoms with Crippen LogP contribution in [-0.2, 0) is 18.6 Å². The molecule has 0 saturated carbocycles. The minimum absolute atomic E-state index is 0.199. The second-order valence-corrected chi connectivity index (χ2v) is 6.88. The SMILES string of the molecule is CCCc1ccc(C(F)(F)Oc2ccc(C(F)(F)Oc3cc(F)c(F)c(F)c3)nc2)c(F)c1. The number of alkyl halides is 4. The second-order valence-electron chi connectivity index (χ2n) is 6.88. The van der Waals surface area contributed by atoms with Crippen LogP contribution < -0.4 is 9.47 Å². The number of benzene rings is 2. The van der Waals surface area contributed by atoms with Gasteiger partial charge in [-0.2, -0.15) is 17.6 Å². The molecule has 0 N–H and O–H groups in total. The fourth-order valence-electron chi connectivity index (χ4n) is 2.85. The Bertz CT molecular complexity index is 1110. The number of aromatic nitrogens is 1. The molecule has 1 heterocycles. The lowest BCUT2D eigenvalue weighted by atomic mass is 10.1. The van der Waals surface area contributed by atoms with Gasteiger partial charge in [-0.15, -0.1) is 0 Å². The summed E-state index contributed by atoms with van der Waals surface area (Å²) in [4.78, 5) is 3.26. The average Bonchev–Trinajstić information content (AvgIpc) is 2.72. The Hall–Kier alpha value is -3.37. The van der Waals surface area contributed by atoms with Crippen LogP contribution in [0.25, 0.3) is 0 Å². The summed E-state index contributed by atoms with van der Waals surface area (Å²) in [5.41, 5.74) is -1.66. The average molecular weight is 477 g/mol. The van der Waals surface area contributed by atoms with E-state index < -0.39 is 58.2 Å². The Balaban J connectivity index is 1.76. The zero-order chi connectivity index (χ0) is 24.4. The van der Waals surface area contributed by atoms with Gasteiger partial charge in [0.05, 0.1) is 11.8 Å². The Morgan fingerprint density at radius 3 is 1.94 bits per heavy atom. The summed E-state index contributed by atoms with van der Waals surface area (Å²) in [7, 11) is 0. The minimum Gasteiger partial charge on any atom is -0.428 e. The number of hydrogen-bond acceptors (Lipinski definition) is 3. The third kappa shape index (κ3) is 5.52. The van der Waals surface area contributed by atoms with E-state index in [1.54, 1.807) is 0 Å². The highest BCUT2D eigenvalue weighted by atomic mass is 19.3. The second kappa shape index (κ2) is 9.24.